The van der Waals surface area contributed by atoms with Crippen LogP contribution in [0.15, 0.2) is 22.7 Å². The summed E-state index contributed by atoms with van der Waals surface area (Å²) in [6, 6.07) is 5.12. The highest BCUT2D eigenvalue weighted by Crippen LogP contribution is 2.40. The minimum atomic E-state index is -0.291. The molecule has 2 fully saturated rings. The standard InChI is InChI=1S/C17H18FN5O/c18-11-3-1-4-12-15(11)20-14(19-12)9-23-8-2-5-13(23)16-21-17(24-22-16)10-6-7-10/h1,3-4,10,13H,2,5-9H2,(H,19,20)/t13-/m1/s1. The lowest BCUT2D eigenvalue weighted by atomic mass is 10.2. The molecule has 3 aromatic rings. The maximum atomic E-state index is 13.8. The van der Waals surface area contributed by atoms with Gasteiger partial charge in [0.1, 0.15) is 11.3 Å². The summed E-state index contributed by atoms with van der Waals surface area (Å²) in [4.78, 5) is 14.5. The number of nitrogens with zero attached hydrogens (tertiary/aromatic N) is 4. The Morgan fingerprint density at radius 2 is 2.17 bits per heavy atom. The monoisotopic (exact) mass is 327 g/mol. The van der Waals surface area contributed by atoms with Gasteiger partial charge in [0, 0.05) is 5.92 Å². The number of aromatic amines is 1. The van der Waals surface area contributed by atoms with E-state index in [0.717, 1.165) is 55.3 Å². The third-order valence-corrected chi connectivity index (χ3v) is 4.91. The largest absolute Gasteiger partial charge is 0.341 e. The molecular formula is C17H18FN5O. The summed E-state index contributed by atoms with van der Waals surface area (Å²) in [6.07, 6.45) is 4.41. The number of para-hydroxylation sites is 1. The van der Waals surface area contributed by atoms with Crippen LogP contribution in [0.1, 0.15) is 55.2 Å². The Morgan fingerprint density at radius 3 is 3.00 bits per heavy atom. The van der Waals surface area contributed by atoms with Crippen LogP contribution in [-0.4, -0.2) is 31.6 Å². The third kappa shape index (κ3) is 2.39. The summed E-state index contributed by atoms with van der Waals surface area (Å²) in [7, 11) is 0. The molecule has 24 heavy (non-hydrogen) atoms. The second-order valence-electron chi connectivity index (χ2n) is 6.71. The molecule has 0 amide bonds. The van der Waals surface area contributed by atoms with E-state index in [-0.39, 0.29) is 11.9 Å². The highest BCUT2D eigenvalue weighted by molar-refractivity contribution is 5.75. The fraction of sp³-hybridized carbons (Fsp3) is 0.471. The fourth-order valence-electron chi connectivity index (χ4n) is 3.50. The van der Waals surface area contributed by atoms with Gasteiger partial charge in [-0.25, -0.2) is 9.37 Å². The predicted molar refractivity (Wildman–Crippen MR) is 84.7 cm³/mol. The van der Waals surface area contributed by atoms with Crippen molar-refractivity contribution < 1.29 is 8.91 Å². The van der Waals surface area contributed by atoms with Crippen molar-refractivity contribution in [1.82, 2.24) is 25.0 Å². The summed E-state index contributed by atoms with van der Waals surface area (Å²) in [5.74, 6) is 2.51. The molecule has 6 nitrogen and oxygen atoms in total. The molecule has 7 heteroatoms. The van der Waals surface area contributed by atoms with Crippen LogP contribution in [0.2, 0.25) is 0 Å². The zero-order valence-corrected chi connectivity index (χ0v) is 13.2. The number of hydrogen-bond donors (Lipinski definition) is 1. The van der Waals surface area contributed by atoms with E-state index < -0.39 is 0 Å². The van der Waals surface area contributed by atoms with Crippen LogP contribution in [0.4, 0.5) is 4.39 Å². The van der Waals surface area contributed by atoms with Gasteiger partial charge in [0.25, 0.3) is 0 Å². The molecule has 0 spiro atoms. The Labute approximate surface area is 138 Å². The minimum absolute atomic E-state index is 0.152. The van der Waals surface area contributed by atoms with Crippen LogP contribution in [0, 0.1) is 5.82 Å². The quantitative estimate of drug-likeness (QED) is 0.796. The number of benzene rings is 1. The van der Waals surface area contributed by atoms with Gasteiger partial charge < -0.3 is 9.51 Å². The topological polar surface area (TPSA) is 70.8 Å². The van der Waals surface area contributed by atoms with Crippen LogP contribution in [0.3, 0.4) is 0 Å². The smallest absolute Gasteiger partial charge is 0.229 e. The number of aromatic nitrogens is 4. The van der Waals surface area contributed by atoms with Crippen LogP contribution < -0.4 is 0 Å². The summed E-state index contributed by atoms with van der Waals surface area (Å²) >= 11 is 0. The van der Waals surface area contributed by atoms with Crippen molar-refractivity contribution in [2.75, 3.05) is 6.54 Å². The number of halogens is 1. The molecule has 124 valence electrons. The molecule has 1 saturated heterocycles. The van der Waals surface area contributed by atoms with Gasteiger partial charge in [-0.05, 0) is 44.4 Å². The Kier molecular flexibility index (Phi) is 3.16. The van der Waals surface area contributed by atoms with Gasteiger partial charge in [-0.1, -0.05) is 11.2 Å². The Bertz CT molecular complexity index is 884. The second-order valence-corrected chi connectivity index (χ2v) is 6.71. The molecule has 0 radical (unpaired) electrons. The van der Waals surface area contributed by atoms with E-state index in [9.17, 15) is 4.39 Å². The molecule has 0 unspecified atom stereocenters. The van der Waals surface area contributed by atoms with Crippen LogP contribution in [-0.2, 0) is 6.54 Å². The first-order valence-corrected chi connectivity index (χ1v) is 8.48. The third-order valence-electron chi connectivity index (χ3n) is 4.91. The normalized spacial score (nSPS) is 21.8. The summed E-state index contributed by atoms with van der Waals surface area (Å²) < 4.78 is 19.2. The summed E-state index contributed by atoms with van der Waals surface area (Å²) in [6.45, 7) is 1.59. The first-order chi connectivity index (χ1) is 11.8. The first kappa shape index (κ1) is 14.1. The average molecular weight is 327 g/mol. The van der Waals surface area contributed by atoms with Gasteiger partial charge in [-0.15, -0.1) is 0 Å². The highest BCUT2D eigenvalue weighted by Gasteiger charge is 2.34. The number of nitrogens with one attached hydrogen (secondary N) is 1. The molecule has 3 heterocycles. The van der Waals surface area contributed by atoms with Gasteiger partial charge in [0.2, 0.25) is 5.89 Å². The first-order valence-electron chi connectivity index (χ1n) is 8.48. The van der Waals surface area contributed by atoms with Gasteiger partial charge in [0.05, 0.1) is 18.1 Å². The van der Waals surface area contributed by atoms with Crippen molar-refractivity contribution in [2.24, 2.45) is 0 Å². The van der Waals surface area contributed by atoms with Crippen LogP contribution >= 0.6 is 0 Å². The van der Waals surface area contributed by atoms with E-state index in [1.165, 1.54) is 6.07 Å². The maximum Gasteiger partial charge on any atom is 0.229 e. The molecule has 5 rings (SSSR count). The van der Waals surface area contributed by atoms with Crippen molar-refractivity contribution in [3.8, 4) is 0 Å². The number of imidazole rings is 1. The van der Waals surface area contributed by atoms with Gasteiger partial charge in [0.15, 0.2) is 11.6 Å². The summed E-state index contributed by atoms with van der Waals surface area (Å²) in [5, 5.41) is 4.19. The van der Waals surface area contributed by atoms with E-state index >= 15 is 0 Å². The number of likely N-dealkylation sites (tertiary alicyclic amines) is 1. The zero-order valence-electron chi connectivity index (χ0n) is 13.2. The van der Waals surface area contributed by atoms with Gasteiger partial charge >= 0.3 is 0 Å². The fourth-order valence-corrected chi connectivity index (χ4v) is 3.50. The van der Waals surface area contributed by atoms with Crippen LogP contribution in [0.5, 0.6) is 0 Å². The van der Waals surface area contributed by atoms with Crippen molar-refractivity contribution in [3.63, 3.8) is 0 Å². The lowest BCUT2D eigenvalue weighted by Gasteiger charge is -2.20. The highest BCUT2D eigenvalue weighted by atomic mass is 19.1. The molecule has 1 aromatic carbocycles. The van der Waals surface area contributed by atoms with E-state index in [2.05, 4.69) is 25.0 Å². The lowest BCUT2D eigenvalue weighted by Crippen LogP contribution is -2.24. The average Bonchev–Trinajstić information content (AvgIpc) is 3.00. The zero-order chi connectivity index (χ0) is 16.1. The molecule has 1 aliphatic carbocycles. The molecule has 1 atom stereocenters. The summed E-state index contributed by atoms with van der Waals surface area (Å²) in [5.41, 5.74) is 1.13. The van der Waals surface area contributed by atoms with Crippen LogP contribution in [0.25, 0.3) is 11.0 Å². The lowest BCUT2D eigenvalue weighted by molar-refractivity contribution is 0.229. The van der Waals surface area contributed by atoms with Crippen molar-refractivity contribution in [2.45, 2.75) is 44.2 Å². The van der Waals surface area contributed by atoms with Crippen molar-refractivity contribution in [1.29, 1.82) is 0 Å². The molecule has 2 aromatic heterocycles. The van der Waals surface area contributed by atoms with E-state index in [1.807, 2.05) is 6.07 Å². The minimum Gasteiger partial charge on any atom is -0.341 e. The van der Waals surface area contributed by atoms with E-state index in [1.54, 1.807) is 6.07 Å². The second kappa shape index (κ2) is 5.37. The molecule has 1 N–H and O–H groups in total. The maximum absolute atomic E-state index is 13.8. The molecule has 1 aliphatic heterocycles. The van der Waals surface area contributed by atoms with E-state index in [4.69, 9.17) is 4.52 Å². The molecule has 0 bridgehead atoms. The Hall–Kier alpha value is -2.28. The number of rotatable bonds is 4. The van der Waals surface area contributed by atoms with Gasteiger partial charge in [-0.3, -0.25) is 4.90 Å². The molecule has 2 aliphatic rings. The molecule has 1 saturated carbocycles. The van der Waals surface area contributed by atoms with Gasteiger partial charge in [-0.2, -0.15) is 4.98 Å². The SMILES string of the molecule is Fc1cccc2[nH]c(CN3CCC[C@@H]3c3noc(C4CC4)n3)nc12. The predicted octanol–water partition coefficient (Wildman–Crippen LogP) is 3.30. The Balaban J connectivity index is 1.38. The van der Waals surface area contributed by atoms with E-state index in [0.29, 0.717) is 18.0 Å². The number of fused-ring (bicyclic) bond motifs is 1. The number of hydrogen-bond acceptors (Lipinski definition) is 5. The molecular weight excluding hydrogens is 309 g/mol. The Morgan fingerprint density at radius 1 is 1.25 bits per heavy atom. The number of H-pyrrole nitrogens is 1. The van der Waals surface area contributed by atoms with Crippen molar-refractivity contribution in [3.05, 3.63) is 41.6 Å². The van der Waals surface area contributed by atoms with Crippen molar-refractivity contribution >= 4 is 11.0 Å².